The summed E-state index contributed by atoms with van der Waals surface area (Å²) in [5.74, 6) is -0.803. The molecule has 30 heavy (non-hydrogen) atoms. The van der Waals surface area contributed by atoms with E-state index in [1.165, 1.54) is 37.9 Å². The Morgan fingerprint density at radius 2 is 1.47 bits per heavy atom. The first-order chi connectivity index (χ1) is 14.6. The zero-order chi connectivity index (χ0) is 20.9. The summed E-state index contributed by atoms with van der Waals surface area (Å²) in [4.78, 5) is 40.0. The summed E-state index contributed by atoms with van der Waals surface area (Å²) in [6, 6.07) is 15.0. The molecule has 2 aromatic rings. The third-order valence-corrected chi connectivity index (χ3v) is 6.04. The van der Waals surface area contributed by atoms with Gasteiger partial charge in [0.1, 0.15) is 6.54 Å². The molecule has 4 rings (SSSR count). The second-order valence-corrected chi connectivity index (χ2v) is 8.09. The largest absolute Gasteiger partial charge is 0.352 e. The van der Waals surface area contributed by atoms with E-state index in [2.05, 4.69) is 17.4 Å². The molecule has 2 heterocycles. The van der Waals surface area contributed by atoms with Crippen LogP contribution in [0.25, 0.3) is 0 Å². The molecule has 0 saturated carbocycles. The number of nitrogens with one attached hydrogen (secondary N) is 2. The molecule has 0 radical (unpaired) electrons. The van der Waals surface area contributed by atoms with Crippen molar-refractivity contribution in [2.45, 2.75) is 38.8 Å². The zero-order valence-corrected chi connectivity index (χ0v) is 17.2. The first-order valence-electron chi connectivity index (χ1n) is 10.8. The monoisotopic (exact) mass is 406 g/mol. The molecule has 0 atom stereocenters. The highest BCUT2D eigenvalue weighted by Crippen LogP contribution is 2.22. The van der Waals surface area contributed by atoms with E-state index in [1.807, 2.05) is 12.1 Å². The molecular weight excluding hydrogens is 378 g/mol. The van der Waals surface area contributed by atoms with E-state index in [-0.39, 0.29) is 30.7 Å². The highest BCUT2D eigenvalue weighted by molar-refractivity contribution is 6.21. The summed E-state index contributed by atoms with van der Waals surface area (Å²) >= 11 is 0. The fourth-order valence-corrected chi connectivity index (χ4v) is 4.34. The molecule has 1 saturated heterocycles. The van der Waals surface area contributed by atoms with Gasteiger partial charge in [0, 0.05) is 25.1 Å². The first-order valence-corrected chi connectivity index (χ1v) is 10.8. The highest BCUT2D eigenvalue weighted by Gasteiger charge is 2.34. The molecule has 2 aromatic carbocycles. The summed E-state index contributed by atoms with van der Waals surface area (Å²) in [7, 11) is 0. The molecule has 0 aromatic heterocycles. The average molecular weight is 407 g/mol. The Morgan fingerprint density at radius 3 is 2.13 bits per heavy atom. The number of nitrogens with zero attached hydrogens (tertiary/aromatic N) is 1. The number of amides is 3. The van der Waals surface area contributed by atoms with Crippen molar-refractivity contribution in [3.8, 4) is 0 Å². The van der Waals surface area contributed by atoms with Crippen LogP contribution in [-0.4, -0.2) is 42.3 Å². The van der Waals surface area contributed by atoms with Gasteiger partial charge < -0.3 is 10.2 Å². The number of hydrogen-bond acceptors (Lipinski definition) is 3. The Morgan fingerprint density at radius 1 is 0.867 bits per heavy atom. The van der Waals surface area contributed by atoms with E-state index < -0.39 is 0 Å². The maximum absolute atomic E-state index is 12.4. The Hall–Kier alpha value is -2.99. The molecule has 2 aliphatic heterocycles. The molecule has 3 amide bonds. The number of carbonyl (C=O) groups is 3. The lowest BCUT2D eigenvalue weighted by molar-refractivity contribution is -0.918. The van der Waals surface area contributed by atoms with Crippen molar-refractivity contribution >= 4 is 17.7 Å². The number of piperidine rings is 1. The minimum atomic E-state index is -0.321. The molecule has 2 N–H and O–H groups in total. The molecule has 0 spiro atoms. The van der Waals surface area contributed by atoms with Crippen LogP contribution in [0.3, 0.4) is 0 Å². The standard InChI is InChI=1S/C24H27N3O3/c28-22(12-15-27-23(29)20-10-4-5-11-21(20)24(27)30)25-16-18-8-2-3-9-19(18)17-26-13-6-1-7-14-26/h2-5,8-11H,1,6-7,12-17H2,(H,25,28)/p+1. The van der Waals surface area contributed by atoms with Crippen LogP contribution in [0.2, 0.25) is 0 Å². The lowest BCUT2D eigenvalue weighted by atomic mass is 10.0. The molecule has 1 fully saturated rings. The Balaban J connectivity index is 1.30. The summed E-state index contributed by atoms with van der Waals surface area (Å²) < 4.78 is 0. The highest BCUT2D eigenvalue weighted by atomic mass is 16.2. The normalized spacial score (nSPS) is 16.6. The van der Waals surface area contributed by atoms with E-state index in [1.54, 1.807) is 29.2 Å². The Kier molecular flexibility index (Phi) is 6.23. The number of hydrogen-bond donors (Lipinski definition) is 2. The third-order valence-electron chi connectivity index (χ3n) is 6.04. The van der Waals surface area contributed by atoms with Crippen molar-refractivity contribution in [1.29, 1.82) is 0 Å². The van der Waals surface area contributed by atoms with Gasteiger partial charge in [-0.1, -0.05) is 36.4 Å². The second-order valence-electron chi connectivity index (χ2n) is 8.09. The number of imide groups is 1. The second kappa shape index (κ2) is 9.22. The van der Waals surface area contributed by atoms with Crippen LogP contribution < -0.4 is 10.2 Å². The summed E-state index contributed by atoms with van der Waals surface area (Å²) in [5, 5.41) is 2.95. The van der Waals surface area contributed by atoms with Gasteiger partial charge in [-0.25, -0.2) is 0 Å². The van der Waals surface area contributed by atoms with Crippen LogP contribution in [-0.2, 0) is 17.9 Å². The van der Waals surface area contributed by atoms with Crippen molar-refractivity contribution in [2.24, 2.45) is 0 Å². The maximum atomic E-state index is 12.4. The Bertz CT molecular complexity index is 915. The molecule has 6 nitrogen and oxygen atoms in total. The first kappa shape index (κ1) is 20.3. The lowest BCUT2D eigenvalue weighted by Gasteiger charge is -2.24. The van der Waals surface area contributed by atoms with Crippen molar-refractivity contribution in [1.82, 2.24) is 10.2 Å². The van der Waals surface area contributed by atoms with E-state index in [4.69, 9.17) is 0 Å². The van der Waals surface area contributed by atoms with E-state index >= 15 is 0 Å². The average Bonchev–Trinajstić information content (AvgIpc) is 3.02. The SMILES string of the molecule is O=C(CCN1C(=O)c2ccccc2C1=O)NCc1ccccc1C[NH+]1CCCCC1. The number of likely N-dealkylation sites (tertiary alicyclic amines) is 1. The minimum absolute atomic E-state index is 0.0950. The number of rotatable bonds is 7. The van der Waals surface area contributed by atoms with E-state index in [0.717, 1.165) is 17.0 Å². The molecule has 0 bridgehead atoms. The van der Waals surface area contributed by atoms with Crippen molar-refractivity contribution < 1.29 is 19.3 Å². The van der Waals surface area contributed by atoms with Crippen LogP contribution in [0, 0.1) is 0 Å². The zero-order valence-electron chi connectivity index (χ0n) is 17.2. The molecule has 6 heteroatoms. The number of benzene rings is 2. The van der Waals surface area contributed by atoms with E-state index in [0.29, 0.717) is 17.7 Å². The summed E-state index contributed by atoms with van der Waals surface area (Å²) in [6.45, 7) is 3.96. The van der Waals surface area contributed by atoms with Gasteiger partial charge in [-0.2, -0.15) is 0 Å². The number of quaternary nitrogens is 1. The van der Waals surface area contributed by atoms with Crippen LogP contribution >= 0.6 is 0 Å². The molecule has 0 aliphatic carbocycles. The van der Waals surface area contributed by atoms with Gasteiger partial charge in [0.25, 0.3) is 11.8 Å². The molecule has 0 unspecified atom stereocenters. The molecule has 156 valence electrons. The fraction of sp³-hybridized carbons (Fsp3) is 0.375. The van der Waals surface area contributed by atoms with Gasteiger partial charge in [0.2, 0.25) is 5.91 Å². The van der Waals surface area contributed by atoms with Crippen LogP contribution in [0.1, 0.15) is 57.5 Å². The van der Waals surface area contributed by atoms with Gasteiger partial charge in [-0.05, 0) is 37.0 Å². The number of fused-ring (bicyclic) bond motifs is 1. The third kappa shape index (κ3) is 4.44. The predicted octanol–water partition coefficient (Wildman–Crippen LogP) is 1.56. The molecule has 2 aliphatic rings. The Labute approximate surface area is 176 Å². The summed E-state index contributed by atoms with van der Waals surface area (Å²) in [6.07, 6.45) is 4.00. The molecular formula is C24H28N3O3+. The van der Waals surface area contributed by atoms with Crippen molar-refractivity contribution in [3.63, 3.8) is 0 Å². The predicted molar refractivity (Wildman–Crippen MR) is 113 cm³/mol. The summed E-state index contributed by atoms with van der Waals surface area (Å²) in [5.41, 5.74) is 3.23. The maximum Gasteiger partial charge on any atom is 0.261 e. The topological polar surface area (TPSA) is 70.9 Å². The van der Waals surface area contributed by atoms with Gasteiger partial charge in [-0.3, -0.25) is 19.3 Å². The van der Waals surface area contributed by atoms with Crippen LogP contribution in [0.5, 0.6) is 0 Å². The van der Waals surface area contributed by atoms with Crippen LogP contribution in [0.4, 0.5) is 0 Å². The van der Waals surface area contributed by atoms with Gasteiger partial charge in [0.05, 0.1) is 24.2 Å². The van der Waals surface area contributed by atoms with Crippen molar-refractivity contribution in [2.75, 3.05) is 19.6 Å². The fourth-order valence-electron chi connectivity index (χ4n) is 4.34. The lowest BCUT2D eigenvalue weighted by Crippen LogP contribution is -3.11. The van der Waals surface area contributed by atoms with E-state index in [9.17, 15) is 14.4 Å². The van der Waals surface area contributed by atoms with Gasteiger partial charge in [0.15, 0.2) is 0 Å². The quantitative estimate of drug-likeness (QED) is 0.686. The smallest absolute Gasteiger partial charge is 0.261 e. The van der Waals surface area contributed by atoms with Gasteiger partial charge in [-0.15, -0.1) is 0 Å². The number of carbonyl (C=O) groups excluding carboxylic acids is 3. The van der Waals surface area contributed by atoms with Crippen LogP contribution in [0.15, 0.2) is 48.5 Å². The van der Waals surface area contributed by atoms with Gasteiger partial charge >= 0.3 is 0 Å². The van der Waals surface area contributed by atoms with Crippen molar-refractivity contribution in [3.05, 3.63) is 70.8 Å². The minimum Gasteiger partial charge on any atom is -0.352 e.